The molecule has 0 bridgehead atoms. The molecule has 6 heteroatoms. The molecule has 0 saturated heterocycles. The Morgan fingerprint density at radius 2 is 2.05 bits per heavy atom. The minimum Gasteiger partial charge on any atom is -0.399 e. The van der Waals surface area contributed by atoms with E-state index in [0.717, 1.165) is 6.07 Å². The van der Waals surface area contributed by atoms with Crippen molar-refractivity contribution in [1.82, 2.24) is 0 Å². The van der Waals surface area contributed by atoms with Gasteiger partial charge in [-0.15, -0.1) is 0 Å². The summed E-state index contributed by atoms with van der Waals surface area (Å²) in [5, 5.41) is 11.5. The molecular weight excluding hydrogens is 325 g/mol. The van der Waals surface area contributed by atoms with Crippen LogP contribution in [0.1, 0.15) is 15.9 Å². The lowest BCUT2D eigenvalue weighted by Crippen LogP contribution is -2.14. The molecule has 2 aromatic carbocycles. The summed E-state index contributed by atoms with van der Waals surface area (Å²) >= 11 is 3.25. The van der Waals surface area contributed by atoms with Crippen molar-refractivity contribution in [2.45, 2.75) is 0 Å². The first-order valence-electron chi connectivity index (χ1n) is 5.57. The van der Waals surface area contributed by atoms with Gasteiger partial charge >= 0.3 is 0 Å². The van der Waals surface area contributed by atoms with Crippen molar-refractivity contribution in [2.75, 3.05) is 11.1 Å². The Morgan fingerprint density at radius 3 is 2.75 bits per heavy atom. The highest BCUT2D eigenvalue weighted by atomic mass is 79.9. The molecule has 3 N–H and O–H groups in total. The summed E-state index contributed by atoms with van der Waals surface area (Å²) in [6.45, 7) is 0. The summed E-state index contributed by atoms with van der Waals surface area (Å²) in [5.41, 5.74) is 6.70. The van der Waals surface area contributed by atoms with E-state index < -0.39 is 11.7 Å². The molecule has 0 unspecified atom stereocenters. The number of rotatable bonds is 2. The molecule has 0 aliphatic heterocycles. The molecule has 1 amide bonds. The summed E-state index contributed by atoms with van der Waals surface area (Å²) < 4.78 is 13.6. The summed E-state index contributed by atoms with van der Waals surface area (Å²) in [7, 11) is 0. The molecule has 0 fully saturated rings. The molecule has 0 aliphatic rings. The second-order valence-electron chi connectivity index (χ2n) is 4.00. The van der Waals surface area contributed by atoms with Crippen LogP contribution in [0.25, 0.3) is 0 Å². The van der Waals surface area contributed by atoms with Gasteiger partial charge in [-0.05, 0) is 52.3 Å². The number of nitriles is 1. The van der Waals surface area contributed by atoms with Gasteiger partial charge in [-0.25, -0.2) is 4.39 Å². The number of nitrogens with zero attached hydrogens (tertiary/aromatic N) is 1. The third-order valence-electron chi connectivity index (χ3n) is 2.59. The van der Waals surface area contributed by atoms with Crippen LogP contribution in [0.4, 0.5) is 15.8 Å². The van der Waals surface area contributed by atoms with Gasteiger partial charge in [0.05, 0.1) is 16.8 Å². The lowest BCUT2D eigenvalue weighted by molar-refractivity contribution is 0.102. The van der Waals surface area contributed by atoms with Gasteiger partial charge in [-0.2, -0.15) is 5.26 Å². The van der Waals surface area contributed by atoms with Crippen molar-refractivity contribution >= 4 is 33.2 Å². The molecule has 0 aromatic heterocycles. The molecule has 0 spiro atoms. The normalized spacial score (nSPS) is 9.85. The second-order valence-corrected chi connectivity index (χ2v) is 4.85. The molecule has 0 radical (unpaired) electrons. The van der Waals surface area contributed by atoms with Crippen molar-refractivity contribution in [3.8, 4) is 6.07 Å². The first-order valence-corrected chi connectivity index (χ1v) is 6.36. The number of carbonyl (C=O) groups excluding carboxylic acids is 1. The van der Waals surface area contributed by atoms with Crippen molar-refractivity contribution < 1.29 is 9.18 Å². The average Bonchev–Trinajstić information content (AvgIpc) is 2.43. The maximum absolute atomic E-state index is 13.0. The number of carbonyl (C=O) groups is 1. The van der Waals surface area contributed by atoms with Gasteiger partial charge in [-0.1, -0.05) is 0 Å². The highest BCUT2D eigenvalue weighted by Gasteiger charge is 2.13. The van der Waals surface area contributed by atoms with Crippen LogP contribution >= 0.6 is 15.9 Å². The van der Waals surface area contributed by atoms with E-state index in [1.54, 1.807) is 12.1 Å². The van der Waals surface area contributed by atoms with Crippen LogP contribution < -0.4 is 11.1 Å². The van der Waals surface area contributed by atoms with Crippen LogP contribution in [-0.4, -0.2) is 5.91 Å². The van der Waals surface area contributed by atoms with Crippen LogP contribution in [0.2, 0.25) is 0 Å². The number of nitrogens with two attached hydrogens (primary N) is 1. The fourth-order valence-corrected chi connectivity index (χ4v) is 2.05. The lowest BCUT2D eigenvalue weighted by Gasteiger charge is -2.09. The summed E-state index contributed by atoms with van der Waals surface area (Å²) in [6, 6.07) is 10.2. The molecule has 2 aromatic rings. The minimum atomic E-state index is -0.537. The summed E-state index contributed by atoms with van der Waals surface area (Å²) in [5.74, 6) is -0.975. The third-order valence-corrected chi connectivity index (χ3v) is 3.28. The van der Waals surface area contributed by atoms with E-state index in [1.165, 1.54) is 18.2 Å². The number of amides is 1. The van der Waals surface area contributed by atoms with E-state index in [-0.39, 0.29) is 11.3 Å². The number of hydrogen-bond acceptors (Lipinski definition) is 3. The maximum atomic E-state index is 13.0. The Kier molecular flexibility index (Phi) is 4.01. The molecule has 0 heterocycles. The van der Waals surface area contributed by atoms with Crippen molar-refractivity contribution in [3.05, 3.63) is 57.8 Å². The lowest BCUT2D eigenvalue weighted by atomic mass is 10.1. The van der Waals surface area contributed by atoms with E-state index in [1.807, 2.05) is 6.07 Å². The Morgan fingerprint density at radius 1 is 1.30 bits per heavy atom. The van der Waals surface area contributed by atoms with E-state index >= 15 is 0 Å². The highest BCUT2D eigenvalue weighted by Crippen LogP contribution is 2.22. The highest BCUT2D eigenvalue weighted by molar-refractivity contribution is 9.10. The molecular formula is C14H9BrFN3O. The number of benzene rings is 2. The molecule has 4 nitrogen and oxygen atoms in total. The topological polar surface area (TPSA) is 78.9 Å². The predicted octanol–water partition coefficient (Wildman–Crippen LogP) is 3.29. The third kappa shape index (κ3) is 2.95. The Balaban J connectivity index is 2.33. The van der Waals surface area contributed by atoms with E-state index in [9.17, 15) is 9.18 Å². The average molecular weight is 334 g/mol. The van der Waals surface area contributed by atoms with E-state index in [0.29, 0.717) is 15.7 Å². The first kappa shape index (κ1) is 14.0. The number of nitrogen functional groups attached to an aromatic ring is 1. The van der Waals surface area contributed by atoms with Crippen molar-refractivity contribution in [2.24, 2.45) is 0 Å². The zero-order valence-corrected chi connectivity index (χ0v) is 11.7. The fraction of sp³-hybridized carbons (Fsp3) is 0. The van der Waals surface area contributed by atoms with Gasteiger partial charge in [-0.3, -0.25) is 4.79 Å². The maximum Gasteiger partial charge on any atom is 0.256 e. The predicted molar refractivity (Wildman–Crippen MR) is 77.6 cm³/mol. The summed E-state index contributed by atoms with van der Waals surface area (Å²) in [4.78, 5) is 12.1. The number of nitrogens with one attached hydrogen (secondary N) is 1. The minimum absolute atomic E-state index is 0.0541. The Labute approximate surface area is 123 Å². The Hall–Kier alpha value is -2.39. The Bertz CT molecular complexity index is 725. The molecule has 2 rings (SSSR count). The van der Waals surface area contributed by atoms with Crippen LogP contribution in [0, 0.1) is 17.1 Å². The molecule has 0 aliphatic carbocycles. The largest absolute Gasteiger partial charge is 0.399 e. The molecule has 100 valence electrons. The van der Waals surface area contributed by atoms with Gasteiger partial charge < -0.3 is 11.1 Å². The van der Waals surface area contributed by atoms with Crippen molar-refractivity contribution in [3.63, 3.8) is 0 Å². The van der Waals surface area contributed by atoms with Crippen LogP contribution in [0.15, 0.2) is 40.9 Å². The molecule has 20 heavy (non-hydrogen) atoms. The molecule has 0 atom stereocenters. The second kappa shape index (κ2) is 5.72. The van der Waals surface area contributed by atoms with E-state index in [2.05, 4.69) is 21.2 Å². The monoisotopic (exact) mass is 333 g/mol. The zero-order chi connectivity index (χ0) is 14.7. The van der Waals surface area contributed by atoms with Gasteiger partial charge in [0, 0.05) is 10.2 Å². The van der Waals surface area contributed by atoms with Crippen LogP contribution in [0.3, 0.4) is 0 Å². The number of hydrogen-bond donors (Lipinski definition) is 2. The SMILES string of the molecule is N#Cc1cc(F)ccc1NC(=O)c1cc(N)ccc1Br. The molecule has 0 saturated carbocycles. The van der Waals surface area contributed by atoms with Gasteiger partial charge in [0.15, 0.2) is 0 Å². The first-order chi connectivity index (χ1) is 9.51. The van der Waals surface area contributed by atoms with Crippen LogP contribution in [-0.2, 0) is 0 Å². The van der Waals surface area contributed by atoms with Crippen LogP contribution in [0.5, 0.6) is 0 Å². The van der Waals surface area contributed by atoms with Gasteiger partial charge in [0.2, 0.25) is 0 Å². The smallest absolute Gasteiger partial charge is 0.256 e. The number of halogens is 2. The summed E-state index contributed by atoms with van der Waals surface area (Å²) in [6.07, 6.45) is 0. The van der Waals surface area contributed by atoms with Gasteiger partial charge in [0.1, 0.15) is 11.9 Å². The van der Waals surface area contributed by atoms with Gasteiger partial charge in [0.25, 0.3) is 5.91 Å². The zero-order valence-electron chi connectivity index (χ0n) is 10.2. The standard InChI is InChI=1S/C14H9BrFN3O/c15-12-3-2-10(18)6-11(12)14(20)19-13-4-1-9(16)5-8(13)7-17/h1-6H,18H2,(H,19,20). The number of anilines is 2. The fourth-order valence-electron chi connectivity index (χ4n) is 1.62. The quantitative estimate of drug-likeness (QED) is 0.827. The van der Waals surface area contributed by atoms with E-state index in [4.69, 9.17) is 11.0 Å². The van der Waals surface area contributed by atoms with Crippen molar-refractivity contribution in [1.29, 1.82) is 5.26 Å².